The summed E-state index contributed by atoms with van der Waals surface area (Å²) in [6, 6.07) is -0.495. The van der Waals surface area contributed by atoms with Crippen LogP contribution in [0.1, 0.15) is 37.5 Å². The highest BCUT2D eigenvalue weighted by Crippen LogP contribution is 2.06. The summed E-state index contributed by atoms with van der Waals surface area (Å²) in [5.41, 5.74) is -0.671. The Bertz CT molecular complexity index is 284. The molecular formula is C12H29N3O2. The molecule has 0 aromatic rings. The largest absolute Gasteiger partial charge is 0.357 e. The fourth-order valence-corrected chi connectivity index (χ4v) is 1.53. The van der Waals surface area contributed by atoms with Gasteiger partial charge in [-0.25, -0.2) is 0 Å². The Morgan fingerprint density at radius 2 is 1.82 bits per heavy atom. The molecule has 0 aliphatic rings. The Hall–Kier alpha value is -1.10. The molecule has 5 heteroatoms. The molecule has 2 amide bonds. The van der Waals surface area contributed by atoms with Crippen molar-refractivity contribution in [3.05, 3.63) is 0 Å². The van der Waals surface area contributed by atoms with Crippen LogP contribution in [0.2, 0.25) is 0 Å². The molecule has 0 fully saturated rings. The number of hydrogen-bond donors (Lipinski definition) is 3. The third-order valence-electron chi connectivity index (χ3n) is 2.67. The molecule has 0 radical (unpaired) electrons. The molecule has 0 aromatic heterocycles. The lowest BCUT2D eigenvalue weighted by Crippen LogP contribution is -2.58. The third-order valence-corrected chi connectivity index (χ3v) is 2.67. The van der Waals surface area contributed by atoms with Gasteiger partial charge in [0.25, 0.3) is 0 Å². The van der Waals surface area contributed by atoms with E-state index in [2.05, 4.69) is 16.0 Å². The van der Waals surface area contributed by atoms with E-state index in [0.29, 0.717) is 6.54 Å². The van der Waals surface area contributed by atoms with E-state index in [4.69, 9.17) is 0 Å². The van der Waals surface area contributed by atoms with Crippen LogP contribution in [0.3, 0.4) is 0 Å². The topological polar surface area (TPSA) is 70.2 Å². The standard InChI is InChI=1S/C12H25N3O2.2H2/c1-7-14-12(4,5)11(17)15-9(8(2)3)10(16)13-6;;/h8-9,14H,7H2,1-6H3,(H,13,16)(H,15,17);2*1H/t9-;;/m0../s1. The molecule has 3 N–H and O–H groups in total. The van der Waals surface area contributed by atoms with E-state index in [-0.39, 0.29) is 20.6 Å². The lowest BCUT2D eigenvalue weighted by molar-refractivity contribution is -0.132. The van der Waals surface area contributed by atoms with Gasteiger partial charge in [-0.15, -0.1) is 0 Å². The molecule has 0 saturated heterocycles. The molecular weight excluding hydrogens is 218 g/mol. The average Bonchev–Trinajstić information content (AvgIpc) is 2.23. The number of carbonyl (C=O) groups excluding carboxylic acids is 2. The first-order valence-electron chi connectivity index (χ1n) is 6.03. The number of hydrogen-bond acceptors (Lipinski definition) is 3. The van der Waals surface area contributed by atoms with Crippen molar-refractivity contribution in [2.45, 2.75) is 46.2 Å². The van der Waals surface area contributed by atoms with Crippen LogP contribution < -0.4 is 16.0 Å². The molecule has 0 bridgehead atoms. The second-order valence-electron chi connectivity index (χ2n) is 4.96. The van der Waals surface area contributed by atoms with Gasteiger partial charge < -0.3 is 16.0 Å². The van der Waals surface area contributed by atoms with Crippen molar-refractivity contribution in [2.24, 2.45) is 5.92 Å². The monoisotopic (exact) mass is 247 g/mol. The number of nitrogens with one attached hydrogen (secondary N) is 3. The van der Waals surface area contributed by atoms with Gasteiger partial charge in [-0.05, 0) is 26.3 Å². The fraction of sp³-hybridized carbons (Fsp3) is 0.833. The van der Waals surface area contributed by atoms with E-state index >= 15 is 0 Å². The van der Waals surface area contributed by atoms with E-state index in [0.717, 1.165) is 0 Å². The molecule has 0 aliphatic heterocycles. The first-order valence-corrected chi connectivity index (χ1v) is 6.03. The highest BCUT2D eigenvalue weighted by atomic mass is 16.2. The van der Waals surface area contributed by atoms with Crippen LogP contribution in [0, 0.1) is 5.92 Å². The summed E-state index contributed by atoms with van der Waals surface area (Å²) in [5.74, 6) is -0.279. The highest BCUT2D eigenvalue weighted by Gasteiger charge is 2.31. The van der Waals surface area contributed by atoms with Gasteiger partial charge in [0, 0.05) is 9.90 Å². The smallest absolute Gasteiger partial charge is 0.242 e. The molecule has 17 heavy (non-hydrogen) atoms. The number of rotatable bonds is 6. The molecule has 0 unspecified atom stereocenters. The molecule has 104 valence electrons. The Morgan fingerprint density at radius 3 is 2.18 bits per heavy atom. The van der Waals surface area contributed by atoms with Crippen LogP contribution in [0.5, 0.6) is 0 Å². The molecule has 5 nitrogen and oxygen atoms in total. The first kappa shape index (κ1) is 15.9. The molecule has 0 heterocycles. The van der Waals surface area contributed by atoms with E-state index in [1.165, 1.54) is 0 Å². The van der Waals surface area contributed by atoms with Crippen LogP contribution in [-0.2, 0) is 9.59 Å². The fourth-order valence-electron chi connectivity index (χ4n) is 1.53. The second-order valence-corrected chi connectivity index (χ2v) is 4.96. The molecule has 1 atom stereocenters. The predicted octanol–water partition coefficient (Wildman–Crippen LogP) is 0.753. The van der Waals surface area contributed by atoms with Crippen LogP contribution >= 0.6 is 0 Å². The Kier molecular flexibility index (Phi) is 6.16. The molecule has 0 aromatic carbocycles. The summed E-state index contributed by atoms with van der Waals surface area (Å²) in [4.78, 5) is 23.7. The van der Waals surface area contributed by atoms with Crippen molar-refractivity contribution in [2.75, 3.05) is 13.6 Å². The van der Waals surface area contributed by atoms with Crippen LogP contribution in [0.4, 0.5) is 0 Å². The maximum absolute atomic E-state index is 12.0. The minimum absolute atomic E-state index is 0. The van der Waals surface area contributed by atoms with Crippen molar-refractivity contribution in [1.82, 2.24) is 16.0 Å². The van der Waals surface area contributed by atoms with Crippen LogP contribution in [-0.4, -0.2) is 37.0 Å². The Balaban J connectivity index is -0.00000128. The zero-order valence-corrected chi connectivity index (χ0v) is 11.7. The maximum Gasteiger partial charge on any atom is 0.242 e. The summed E-state index contributed by atoms with van der Waals surface area (Å²) in [6.07, 6.45) is 0. The van der Waals surface area contributed by atoms with Gasteiger partial charge in [0.1, 0.15) is 6.04 Å². The normalized spacial score (nSPS) is 13.4. The molecule has 0 saturated carbocycles. The van der Waals surface area contributed by atoms with Gasteiger partial charge in [0.15, 0.2) is 0 Å². The lowest BCUT2D eigenvalue weighted by Gasteiger charge is -2.28. The summed E-state index contributed by atoms with van der Waals surface area (Å²) >= 11 is 0. The number of carbonyl (C=O) groups is 2. The van der Waals surface area contributed by atoms with Crippen LogP contribution in [0.25, 0.3) is 0 Å². The van der Waals surface area contributed by atoms with E-state index in [9.17, 15) is 9.59 Å². The van der Waals surface area contributed by atoms with Gasteiger partial charge in [0.2, 0.25) is 11.8 Å². The van der Waals surface area contributed by atoms with Crippen LogP contribution in [0.15, 0.2) is 0 Å². The third kappa shape index (κ3) is 4.73. The minimum atomic E-state index is -0.671. The van der Waals surface area contributed by atoms with Crippen molar-refractivity contribution in [3.63, 3.8) is 0 Å². The zero-order valence-electron chi connectivity index (χ0n) is 11.7. The van der Waals surface area contributed by atoms with E-state index < -0.39 is 11.6 Å². The van der Waals surface area contributed by atoms with Crippen molar-refractivity contribution in [1.29, 1.82) is 0 Å². The van der Waals surface area contributed by atoms with Gasteiger partial charge in [-0.1, -0.05) is 20.8 Å². The number of amides is 2. The summed E-state index contributed by atoms with van der Waals surface area (Å²) in [5, 5.41) is 8.42. The maximum atomic E-state index is 12.0. The molecule has 0 spiro atoms. The summed E-state index contributed by atoms with van der Waals surface area (Å²) in [7, 11) is 1.57. The zero-order chi connectivity index (χ0) is 13.6. The summed E-state index contributed by atoms with van der Waals surface area (Å²) in [6.45, 7) is 10.0. The lowest BCUT2D eigenvalue weighted by atomic mass is 9.99. The van der Waals surface area contributed by atoms with Gasteiger partial charge in [-0.3, -0.25) is 9.59 Å². The predicted molar refractivity (Wildman–Crippen MR) is 72.8 cm³/mol. The van der Waals surface area contributed by atoms with E-state index in [1.54, 1.807) is 20.9 Å². The first-order chi connectivity index (χ1) is 7.76. The average molecular weight is 247 g/mol. The SMILES string of the molecule is CCNC(C)(C)C(=O)N[C@H](C(=O)NC)C(C)C.[HH].[HH]. The molecule has 0 rings (SSSR count). The van der Waals surface area contributed by atoms with Crippen molar-refractivity contribution in [3.8, 4) is 0 Å². The quantitative estimate of drug-likeness (QED) is 0.649. The second kappa shape index (κ2) is 6.59. The number of likely N-dealkylation sites (N-methyl/N-ethyl adjacent to an activating group) is 2. The van der Waals surface area contributed by atoms with Crippen molar-refractivity contribution < 1.29 is 12.4 Å². The van der Waals surface area contributed by atoms with Crippen molar-refractivity contribution >= 4 is 11.8 Å². The Labute approximate surface area is 107 Å². The minimum Gasteiger partial charge on any atom is -0.357 e. The summed E-state index contributed by atoms with van der Waals surface area (Å²) < 4.78 is 0. The Morgan fingerprint density at radius 1 is 1.29 bits per heavy atom. The van der Waals surface area contributed by atoms with Gasteiger partial charge >= 0.3 is 0 Å². The van der Waals surface area contributed by atoms with Gasteiger partial charge in [0.05, 0.1) is 5.54 Å². The highest BCUT2D eigenvalue weighted by molar-refractivity contribution is 5.91. The van der Waals surface area contributed by atoms with E-state index in [1.807, 2.05) is 20.8 Å². The van der Waals surface area contributed by atoms with Gasteiger partial charge in [-0.2, -0.15) is 0 Å². The molecule has 0 aliphatic carbocycles.